The summed E-state index contributed by atoms with van der Waals surface area (Å²) in [7, 11) is 0. The number of carbonyl (C=O) groups is 2. The van der Waals surface area contributed by atoms with E-state index in [4.69, 9.17) is 9.47 Å². The molecule has 0 fully saturated rings. The fourth-order valence-electron chi connectivity index (χ4n) is 6.30. The predicted octanol–water partition coefficient (Wildman–Crippen LogP) is 13.7. The van der Waals surface area contributed by atoms with Crippen LogP contribution in [0.25, 0.3) is 0 Å². The lowest BCUT2D eigenvalue weighted by Gasteiger charge is -2.11. The Bertz CT molecular complexity index is 1110. The van der Waals surface area contributed by atoms with Crippen molar-refractivity contribution >= 4 is 23.7 Å². The Kier molecular flexibility index (Phi) is 26.0. The van der Waals surface area contributed by atoms with E-state index in [-0.39, 0.29) is 11.5 Å². The van der Waals surface area contributed by atoms with E-state index in [1.807, 2.05) is 0 Å². The van der Waals surface area contributed by atoms with Crippen molar-refractivity contribution in [3.8, 4) is 11.5 Å². The van der Waals surface area contributed by atoms with Crippen molar-refractivity contribution in [3.05, 3.63) is 47.5 Å². The molecule has 0 heterocycles. The summed E-state index contributed by atoms with van der Waals surface area (Å²) in [6.45, 7) is 5.24. The van der Waals surface area contributed by atoms with Crippen LogP contribution in [0.3, 0.4) is 0 Å². The average molecular weight is 727 g/mol. The first kappa shape index (κ1) is 44.5. The maximum absolute atomic E-state index is 12.7. The molecule has 0 aliphatic rings. The third-order valence-corrected chi connectivity index (χ3v) is 10.7. The smallest absolute Gasteiger partial charge is 0.338 e. The molecular weight excluding hydrogens is 657 g/mol. The van der Waals surface area contributed by atoms with E-state index in [0.717, 1.165) is 50.3 Å². The Labute approximate surface area is 314 Å². The molecule has 0 saturated carbocycles. The Morgan fingerprint density at radius 3 is 1.02 bits per heavy atom. The molecule has 0 spiro atoms. The molecule has 2 aromatic carbocycles. The molecule has 0 unspecified atom stereocenters. The molecule has 0 aliphatic carbocycles. The van der Waals surface area contributed by atoms with E-state index in [1.165, 1.54) is 153 Å². The van der Waals surface area contributed by atoms with Crippen LogP contribution in [-0.2, 0) is 9.47 Å². The second-order valence-electron chi connectivity index (χ2n) is 14.2. The van der Waals surface area contributed by atoms with Gasteiger partial charge in [0.2, 0.25) is 0 Å². The summed E-state index contributed by atoms with van der Waals surface area (Å²) >= 11 is 1.09. The van der Waals surface area contributed by atoms with Crippen molar-refractivity contribution < 1.29 is 29.3 Å². The van der Waals surface area contributed by atoms with Gasteiger partial charge in [0.25, 0.3) is 0 Å². The molecule has 0 amide bonds. The molecule has 0 atom stereocenters. The van der Waals surface area contributed by atoms with Crippen LogP contribution < -0.4 is 0 Å². The molecule has 288 valence electrons. The van der Waals surface area contributed by atoms with Crippen LogP contribution in [0.5, 0.6) is 11.5 Å². The number of phenolic OH excluding ortho intramolecular Hbond substituents is 2. The second-order valence-corrected chi connectivity index (χ2v) is 15.3. The number of carbonyl (C=O) groups excluding carboxylic acids is 2. The molecular formula is C44H70O6S. The molecule has 6 nitrogen and oxygen atoms in total. The highest BCUT2D eigenvalue weighted by Gasteiger charge is 2.16. The molecule has 0 radical (unpaired) electrons. The van der Waals surface area contributed by atoms with E-state index in [1.54, 1.807) is 12.1 Å². The molecule has 2 N–H and O–H groups in total. The van der Waals surface area contributed by atoms with Crippen molar-refractivity contribution in [2.75, 3.05) is 13.2 Å². The number of phenols is 2. The van der Waals surface area contributed by atoms with Gasteiger partial charge in [0.05, 0.1) is 34.1 Å². The number of hydrogen-bond acceptors (Lipinski definition) is 7. The topological polar surface area (TPSA) is 93.1 Å². The van der Waals surface area contributed by atoms with Gasteiger partial charge in [0, 0.05) is 0 Å². The summed E-state index contributed by atoms with van der Waals surface area (Å²) in [5.74, 6) is -0.929. The van der Waals surface area contributed by atoms with E-state index in [2.05, 4.69) is 13.8 Å². The largest absolute Gasteiger partial charge is 0.507 e. The average Bonchev–Trinajstić information content (AvgIpc) is 3.13. The third-order valence-electron chi connectivity index (χ3n) is 9.57. The summed E-state index contributed by atoms with van der Waals surface area (Å²) in [4.78, 5) is 26.3. The van der Waals surface area contributed by atoms with Crippen LogP contribution in [0.4, 0.5) is 0 Å². The zero-order valence-corrected chi connectivity index (χ0v) is 33.0. The van der Waals surface area contributed by atoms with Crippen LogP contribution in [-0.4, -0.2) is 35.4 Å². The van der Waals surface area contributed by atoms with E-state index in [9.17, 15) is 19.8 Å². The first-order valence-corrected chi connectivity index (χ1v) is 21.5. The van der Waals surface area contributed by atoms with Crippen LogP contribution in [0.15, 0.2) is 46.2 Å². The number of aromatic hydroxyl groups is 2. The number of hydrogen-bond donors (Lipinski definition) is 2. The maximum atomic E-state index is 12.7. The number of ether oxygens (including phenoxy) is 2. The standard InChI is InChI=1S/C44H70O6S/c1-3-5-7-9-11-13-15-17-19-21-23-25-27-33-49-43(47)37-29-31-39(45)41(35-37)51-42-36-38(30-32-40(42)46)44(48)50-34-28-26-24-22-20-18-16-14-12-10-8-6-4-2/h29-32,35-36,45-46H,3-28,33-34H2,1-2H3. The summed E-state index contributed by atoms with van der Waals surface area (Å²) in [6, 6.07) is 9.10. The van der Waals surface area contributed by atoms with Gasteiger partial charge in [-0.1, -0.05) is 180 Å². The first-order valence-electron chi connectivity index (χ1n) is 20.6. The van der Waals surface area contributed by atoms with Crippen molar-refractivity contribution in [1.82, 2.24) is 0 Å². The fraction of sp³-hybridized carbons (Fsp3) is 0.682. The minimum absolute atomic E-state index is 0.0252. The summed E-state index contributed by atoms with van der Waals surface area (Å²) in [5, 5.41) is 21.0. The first-order chi connectivity index (χ1) is 25.0. The fourth-order valence-corrected chi connectivity index (χ4v) is 7.25. The van der Waals surface area contributed by atoms with Gasteiger partial charge in [-0.2, -0.15) is 0 Å². The highest BCUT2D eigenvalue weighted by molar-refractivity contribution is 7.99. The summed E-state index contributed by atoms with van der Waals surface area (Å²) in [5.41, 5.74) is 0.663. The van der Waals surface area contributed by atoms with Gasteiger partial charge < -0.3 is 19.7 Å². The van der Waals surface area contributed by atoms with Gasteiger partial charge in [-0.25, -0.2) is 9.59 Å². The minimum Gasteiger partial charge on any atom is -0.507 e. The zero-order valence-electron chi connectivity index (χ0n) is 32.2. The van der Waals surface area contributed by atoms with Crippen LogP contribution >= 0.6 is 11.8 Å². The van der Waals surface area contributed by atoms with Gasteiger partial charge in [-0.15, -0.1) is 0 Å². The van der Waals surface area contributed by atoms with Gasteiger partial charge in [-0.3, -0.25) is 0 Å². The summed E-state index contributed by atoms with van der Waals surface area (Å²) in [6.07, 6.45) is 32.7. The number of rotatable bonds is 32. The van der Waals surface area contributed by atoms with Crippen molar-refractivity contribution in [1.29, 1.82) is 0 Å². The number of esters is 2. The summed E-state index contributed by atoms with van der Waals surface area (Å²) < 4.78 is 11.0. The third kappa shape index (κ3) is 21.5. The Balaban J connectivity index is 1.64. The lowest BCUT2D eigenvalue weighted by Crippen LogP contribution is -2.07. The normalized spacial score (nSPS) is 11.2. The molecule has 7 heteroatoms. The molecule has 0 aromatic heterocycles. The molecule has 2 rings (SSSR count). The van der Waals surface area contributed by atoms with Crippen molar-refractivity contribution in [2.45, 2.75) is 191 Å². The van der Waals surface area contributed by atoms with Crippen LogP contribution in [0.1, 0.15) is 202 Å². The Morgan fingerprint density at radius 1 is 0.451 bits per heavy atom. The van der Waals surface area contributed by atoms with Gasteiger partial charge >= 0.3 is 11.9 Å². The van der Waals surface area contributed by atoms with Crippen molar-refractivity contribution in [2.24, 2.45) is 0 Å². The predicted molar refractivity (Wildman–Crippen MR) is 212 cm³/mol. The SMILES string of the molecule is CCCCCCCCCCCCCCCOC(=O)c1ccc(O)c(Sc2cc(C(=O)OCCCCCCCCCCCCCCC)ccc2O)c1. The van der Waals surface area contributed by atoms with Gasteiger partial charge in [-0.05, 0) is 49.2 Å². The molecule has 0 bridgehead atoms. The highest BCUT2D eigenvalue weighted by Crippen LogP contribution is 2.40. The Morgan fingerprint density at radius 2 is 0.725 bits per heavy atom. The van der Waals surface area contributed by atoms with E-state index < -0.39 is 11.9 Å². The lowest BCUT2D eigenvalue weighted by atomic mass is 10.0. The quantitative estimate of drug-likeness (QED) is 0.0572. The maximum Gasteiger partial charge on any atom is 0.338 e. The second kappa shape index (κ2) is 29.9. The number of benzene rings is 2. The lowest BCUT2D eigenvalue weighted by molar-refractivity contribution is 0.0488. The molecule has 51 heavy (non-hydrogen) atoms. The monoisotopic (exact) mass is 726 g/mol. The van der Waals surface area contributed by atoms with E-state index >= 15 is 0 Å². The van der Waals surface area contributed by atoms with Gasteiger partial charge in [0.1, 0.15) is 11.5 Å². The minimum atomic E-state index is -0.439. The Hall–Kier alpha value is -2.67. The van der Waals surface area contributed by atoms with Crippen LogP contribution in [0.2, 0.25) is 0 Å². The molecule has 2 aromatic rings. The van der Waals surface area contributed by atoms with Crippen LogP contribution in [0, 0.1) is 0 Å². The number of unbranched alkanes of at least 4 members (excludes halogenated alkanes) is 24. The highest BCUT2D eigenvalue weighted by atomic mass is 32.2. The van der Waals surface area contributed by atoms with Gasteiger partial charge in [0.15, 0.2) is 0 Å². The zero-order chi connectivity index (χ0) is 36.8. The molecule has 0 aliphatic heterocycles. The molecule has 0 saturated heterocycles. The van der Waals surface area contributed by atoms with E-state index in [0.29, 0.717) is 34.1 Å². The van der Waals surface area contributed by atoms with Crippen molar-refractivity contribution in [3.63, 3.8) is 0 Å².